The van der Waals surface area contributed by atoms with E-state index in [1.165, 1.54) is 16.9 Å². The lowest BCUT2D eigenvalue weighted by atomic mass is 10.1. The van der Waals surface area contributed by atoms with Crippen LogP contribution in [0.3, 0.4) is 0 Å². The van der Waals surface area contributed by atoms with Crippen molar-refractivity contribution in [2.45, 2.75) is 38.6 Å². The zero-order chi connectivity index (χ0) is 25.8. The van der Waals surface area contributed by atoms with E-state index in [0.29, 0.717) is 35.7 Å². The third kappa shape index (κ3) is 5.87. The summed E-state index contributed by atoms with van der Waals surface area (Å²) in [4.78, 5) is 36.4. The van der Waals surface area contributed by atoms with Gasteiger partial charge in [-0.05, 0) is 42.9 Å². The van der Waals surface area contributed by atoms with Crippen LogP contribution in [0.2, 0.25) is 5.02 Å². The van der Waals surface area contributed by atoms with Crippen molar-refractivity contribution >= 4 is 38.9 Å². The number of hydrogen-bond acceptors (Lipinski definition) is 6. The molecule has 4 heterocycles. The van der Waals surface area contributed by atoms with Crippen LogP contribution in [0.1, 0.15) is 29.7 Å². The van der Waals surface area contributed by atoms with Crippen LogP contribution in [-0.4, -0.2) is 30.1 Å². The Morgan fingerprint density at radius 1 is 1.03 bits per heavy atom. The molecule has 188 valence electrons. The molecule has 0 bridgehead atoms. The normalized spacial score (nSPS) is 11.3. The van der Waals surface area contributed by atoms with Crippen molar-refractivity contribution in [1.29, 1.82) is 0 Å². The lowest BCUT2D eigenvalue weighted by Crippen LogP contribution is -2.29. The quantitative estimate of drug-likeness (QED) is 0.245. The molecule has 4 aromatic heterocycles. The van der Waals surface area contributed by atoms with Gasteiger partial charge in [-0.25, -0.2) is 4.98 Å². The Balaban J connectivity index is 1.33. The number of carbonyl (C=O) groups excluding carboxylic acids is 1. The summed E-state index contributed by atoms with van der Waals surface area (Å²) in [6.07, 6.45) is 9.98. The minimum atomic E-state index is -0.226. The predicted molar refractivity (Wildman–Crippen MR) is 147 cm³/mol. The Morgan fingerprint density at radius 3 is 2.65 bits per heavy atom. The monoisotopic (exact) mass is 531 g/mol. The second-order valence-corrected chi connectivity index (χ2v) is 10.3. The summed E-state index contributed by atoms with van der Waals surface area (Å²) in [7, 11) is 1.81. The predicted octanol–water partition coefficient (Wildman–Crippen LogP) is 5.28. The molecule has 0 spiro atoms. The molecule has 0 aliphatic carbocycles. The second-order valence-electron chi connectivity index (χ2n) is 9.04. The van der Waals surface area contributed by atoms with Gasteiger partial charge in [0.05, 0.1) is 29.7 Å². The molecule has 0 saturated carbocycles. The van der Waals surface area contributed by atoms with Gasteiger partial charge in [-0.1, -0.05) is 41.9 Å². The van der Waals surface area contributed by atoms with E-state index in [-0.39, 0.29) is 17.9 Å². The zero-order valence-electron chi connectivity index (χ0n) is 20.4. The second kappa shape index (κ2) is 11.2. The Labute approximate surface area is 223 Å². The third-order valence-corrected chi connectivity index (χ3v) is 7.66. The van der Waals surface area contributed by atoms with Crippen molar-refractivity contribution in [3.63, 3.8) is 0 Å². The topological polar surface area (TPSA) is 82.7 Å². The van der Waals surface area contributed by atoms with Gasteiger partial charge in [-0.2, -0.15) is 5.10 Å². The fourth-order valence-electron chi connectivity index (χ4n) is 4.35. The average molecular weight is 532 g/mol. The van der Waals surface area contributed by atoms with Crippen LogP contribution in [0.5, 0.6) is 0 Å². The number of ketones is 1. The van der Waals surface area contributed by atoms with Crippen LogP contribution < -0.4 is 5.56 Å². The molecule has 0 saturated heterocycles. The number of Topliss-reactive ketones (excluding diaryl/α,β-unsaturated/α-hetero) is 1. The van der Waals surface area contributed by atoms with Gasteiger partial charge in [0.2, 0.25) is 0 Å². The lowest BCUT2D eigenvalue weighted by Gasteiger charge is -2.13. The highest BCUT2D eigenvalue weighted by Gasteiger charge is 2.16. The SMILES string of the molecule is Cn1cc(-c2cnc(CCCc3ccccc3)c(=O)n2CC(=O)CCc2cnc3scc(Cl)c3c2)cn1. The Bertz CT molecular complexity index is 1610. The van der Waals surface area contributed by atoms with E-state index in [2.05, 4.69) is 27.2 Å². The van der Waals surface area contributed by atoms with Crippen LogP contribution in [0, 0.1) is 0 Å². The largest absolute Gasteiger partial charge is 0.298 e. The van der Waals surface area contributed by atoms with Crippen molar-refractivity contribution < 1.29 is 4.79 Å². The Morgan fingerprint density at radius 2 is 1.86 bits per heavy atom. The summed E-state index contributed by atoms with van der Waals surface area (Å²) in [5.41, 5.74) is 3.75. The van der Waals surface area contributed by atoms with E-state index in [0.717, 1.165) is 34.2 Å². The number of carbonyl (C=O) groups is 1. The van der Waals surface area contributed by atoms with Crippen LogP contribution in [0.25, 0.3) is 21.5 Å². The van der Waals surface area contributed by atoms with E-state index in [9.17, 15) is 9.59 Å². The summed E-state index contributed by atoms with van der Waals surface area (Å²) in [6, 6.07) is 12.2. The summed E-state index contributed by atoms with van der Waals surface area (Å²) < 4.78 is 3.21. The fourth-order valence-corrected chi connectivity index (χ4v) is 5.44. The highest BCUT2D eigenvalue weighted by Crippen LogP contribution is 2.29. The van der Waals surface area contributed by atoms with Crippen molar-refractivity contribution in [2.24, 2.45) is 7.05 Å². The molecule has 0 fully saturated rings. The molecular weight excluding hydrogens is 506 g/mol. The first-order valence-electron chi connectivity index (χ1n) is 12.1. The van der Waals surface area contributed by atoms with Gasteiger partial charge in [-0.3, -0.25) is 23.8 Å². The maximum absolute atomic E-state index is 13.5. The zero-order valence-corrected chi connectivity index (χ0v) is 22.0. The van der Waals surface area contributed by atoms with Crippen molar-refractivity contribution in [3.8, 4) is 11.3 Å². The van der Waals surface area contributed by atoms with Gasteiger partial charge in [0, 0.05) is 42.2 Å². The number of aromatic nitrogens is 5. The number of halogens is 1. The van der Waals surface area contributed by atoms with E-state index in [1.807, 2.05) is 42.9 Å². The molecule has 0 N–H and O–H groups in total. The van der Waals surface area contributed by atoms with E-state index < -0.39 is 0 Å². The van der Waals surface area contributed by atoms with Gasteiger partial charge in [-0.15, -0.1) is 11.3 Å². The maximum atomic E-state index is 13.5. The molecule has 0 amide bonds. The van der Waals surface area contributed by atoms with Crippen LogP contribution in [-0.2, 0) is 37.6 Å². The highest BCUT2D eigenvalue weighted by molar-refractivity contribution is 7.17. The average Bonchev–Trinajstić information content (AvgIpc) is 3.50. The molecule has 9 heteroatoms. The van der Waals surface area contributed by atoms with Crippen LogP contribution in [0.4, 0.5) is 0 Å². The van der Waals surface area contributed by atoms with Gasteiger partial charge in [0.1, 0.15) is 10.5 Å². The van der Waals surface area contributed by atoms with Crippen molar-refractivity contribution in [3.05, 3.63) is 98.8 Å². The number of hydrogen-bond donors (Lipinski definition) is 0. The van der Waals surface area contributed by atoms with E-state index in [4.69, 9.17) is 11.6 Å². The van der Waals surface area contributed by atoms with Gasteiger partial charge in [0.15, 0.2) is 5.78 Å². The van der Waals surface area contributed by atoms with Gasteiger partial charge < -0.3 is 0 Å². The summed E-state index contributed by atoms with van der Waals surface area (Å²) in [6.45, 7) is -0.0217. The lowest BCUT2D eigenvalue weighted by molar-refractivity contribution is -0.119. The number of fused-ring (bicyclic) bond motifs is 1. The first-order chi connectivity index (χ1) is 18.0. The Kier molecular flexibility index (Phi) is 7.58. The van der Waals surface area contributed by atoms with E-state index in [1.54, 1.807) is 27.8 Å². The molecule has 5 aromatic rings. The molecule has 1 aromatic carbocycles. The number of benzene rings is 1. The number of rotatable bonds is 10. The van der Waals surface area contributed by atoms with Gasteiger partial charge >= 0.3 is 0 Å². The van der Waals surface area contributed by atoms with E-state index >= 15 is 0 Å². The standard InChI is InChI=1S/C28H26ClN5O2S/c1-33-16-21(14-32-33)26-15-30-25(9-5-8-19-6-3-2-4-7-19)28(36)34(26)17-22(35)11-10-20-12-23-24(29)18-37-27(23)31-13-20/h2-4,6-7,12-16,18H,5,8-11,17H2,1H3. The molecule has 0 atom stereocenters. The fraction of sp³-hybridized carbons (Fsp3) is 0.250. The van der Waals surface area contributed by atoms with Gasteiger partial charge in [0.25, 0.3) is 5.56 Å². The molecule has 0 aliphatic heterocycles. The number of pyridine rings is 1. The minimum Gasteiger partial charge on any atom is -0.298 e. The first-order valence-corrected chi connectivity index (χ1v) is 13.4. The molecular formula is C28H26ClN5O2S. The summed E-state index contributed by atoms with van der Waals surface area (Å²) >= 11 is 7.74. The molecule has 37 heavy (non-hydrogen) atoms. The Hall–Kier alpha value is -3.62. The minimum absolute atomic E-state index is 0.0217. The first kappa shape index (κ1) is 25.0. The molecule has 5 rings (SSSR count). The molecule has 7 nitrogen and oxygen atoms in total. The molecule has 0 aliphatic rings. The number of nitrogens with zero attached hydrogens (tertiary/aromatic N) is 5. The molecule has 0 unspecified atom stereocenters. The highest BCUT2D eigenvalue weighted by atomic mass is 35.5. The van der Waals surface area contributed by atoms with Crippen LogP contribution in [0.15, 0.2) is 71.4 Å². The summed E-state index contributed by atoms with van der Waals surface area (Å²) in [5, 5.41) is 7.66. The molecule has 0 radical (unpaired) electrons. The maximum Gasteiger partial charge on any atom is 0.273 e. The summed E-state index contributed by atoms with van der Waals surface area (Å²) in [5.74, 6) is -0.0369. The van der Waals surface area contributed by atoms with Crippen molar-refractivity contribution in [1.82, 2.24) is 24.3 Å². The third-order valence-electron chi connectivity index (χ3n) is 6.31. The van der Waals surface area contributed by atoms with Crippen LogP contribution >= 0.6 is 22.9 Å². The number of aryl methyl sites for hydroxylation is 4. The van der Waals surface area contributed by atoms with Crippen molar-refractivity contribution in [2.75, 3.05) is 0 Å². The number of thiophene rings is 1. The smallest absolute Gasteiger partial charge is 0.273 e.